The summed E-state index contributed by atoms with van der Waals surface area (Å²) in [4.78, 5) is 15.6. The molecule has 0 saturated heterocycles. The minimum absolute atomic E-state index is 0.0518. The van der Waals surface area contributed by atoms with Gasteiger partial charge in [-0.25, -0.2) is 4.98 Å². The zero-order valence-electron chi connectivity index (χ0n) is 41.6. The zero-order chi connectivity index (χ0) is 47.0. The molecule has 284 valence electrons. The fourth-order valence-electron chi connectivity index (χ4n) is 10.1. The Balaban J connectivity index is 1.28. The number of benzene rings is 8. The van der Waals surface area contributed by atoms with Gasteiger partial charge in [-0.1, -0.05) is 157 Å². The number of fused-ring (bicyclic) bond motifs is 7. The average molecular weight is 770 g/mol. The van der Waals surface area contributed by atoms with Crippen LogP contribution in [-0.2, 0) is 10.8 Å². The molecule has 0 saturated carbocycles. The van der Waals surface area contributed by atoms with Crippen LogP contribution in [0.4, 0.5) is 0 Å². The smallest absolute Gasteiger partial charge is 0.238 e. The van der Waals surface area contributed by atoms with Gasteiger partial charge >= 0.3 is 0 Å². The standard InChI is InChI=1S/C54H43N5/c1-52(2)40-30-39(50-55-49(32-18-8-7-9-19-32)56-51(57-50)59-42-26-14-12-22-35(42)36-23-13-15-27-43(36)59)46(31-41(40)53(3,4)54(52,5)6)58-44-28-16-24-37-33-20-10-11-21-34(33)38-25-17-29-45(58)48(38)47(37)44/h7-31H,1-6H3/i12D,13D,14D,15D,22D,23D,26D,27D. The largest absolute Gasteiger partial charge is 0.308 e. The van der Waals surface area contributed by atoms with Gasteiger partial charge in [0.05, 0.1) is 38.7 Å². The minimum Gasteiger partial charge on any atom is -0.308 e. The Hall–Kier alpha value is -6.85. The van der Waals surface area contributed by atoms with Crippen molar-refractivity contribution < 1.29 is 11.0 Å². The van der Waals surface area contributed by atoms with Crippen LogP contribution in [0.3, 0.4) is 0 Å². The van der Waals surface area contributed by atoms with Gasteiger partial charge in [-0.15, -0.1) is 0 Å². The third kappa shape index (κ3) is 4.37. The van der Waals surface area contributed by atoms with Crippen molar-refractivity contribution in [3.05, 3.63) is 163 Å². The van der Waals surface area contributed by atoms with Crippen LogP contribution in [0, 0.1) is 5.41 Å². The summed E-state index contributed by atoms with van der Waals surface area (Å²) in [5.74, 6) is 0.478. The van der Waals surface area contributed by atoms with E-state index in [1.165, 1.54) is 20.9 Å². The van der Waals surface area contributed by atoms with E-state index in [0.29, 0.717) is 11.1 Å². The lowest BCUT2D eigenvalue weighted by Gasteiger charge is -2.44. The summed E-state index contributed by atoms with van der Waals surface area (Å²) in [6.45, 7) is 13.9. The molecule has 1 aliphatic carbocycles. The summed E-state index contributed by atoms with van der Waals surface area (Å²) in [5.41, 5.74) is 5.59. The average Bonchev–Trinajstić information content (AvgIpc) is 3.90. The van der Waals surface area contributed by atoms with E-state index in [9.17, 15) is 2.74 Å². The number of para-hydroxylation sites is 2. The maximum atomic E-state index is 9.30. The summed E-state index contributed by atoms with van der Waals surface area (Å²) < 4.78 is 75.4. The first-order chi connectivity index (χ1) is 31.9. The van der Waals surface area contributed by atoms with Crippen LogP contribution in [0.2, 0.25) is 0 Å². The molecule has 0 bridgehead atoms. The van der Waals surface area contributed by atoms with E-state index in [2.05, 4.69) is 119 Å². The highest BCUT2D eigenvalue weighted by atomic mass is 15.2. The van der Waals surface area contributed by atoms with Gasteiger partial charge in [0, 0.05) is 32.7 Å². The summed E-state index contributed by atoms with van der Waals surface area (Å²) in [6.07, 6.45) is 0. The maximum Gasteiger partial charge on any atom is 0.238 e. The summed E-state index contributed by atoms with van der Waals surface area (Å²) >= 11 is 0. The Labute approximate surface area is 354 Å². The van der Waals surface area contributed by atoms with Crippen molar-refractivity contribution in [1.82, 2.24) is 24.1 Å². The molecule has 12 rings (SSSR count). The first-order valence-electron chi connectivity index (χ1n) is 24.1. The van der Waals surface area contributed by atoms with Gasteiger partial charge in [0.15, 0.2) is 11.6 Å². The first-order valence-corrected chi connectivity index (χ1v) is 20.1. The first kappa shape index (κ1) is 27.0. The van der Waals surface area contributed by atoms with E-state index in [-0.39, 0.29) is 55.6 Å². The zero-order valence-corrected chi connectivity index (χ0v) is 33.6. The monoisotopic (exact) mass is 769 g/mol. The Morgan fingerprint density at radius 3 is 1.56 bits per heavy atom. The van der Waals surface area contributed by atoms with E-state index >= 15 is 0 Å². The molecular weight excluding hydrogens is 719 g/mol. The van der Waals surface area contributed by atoms with E-state index < -0.39 is 48.3 Å². The van der Waals surface area contributed by atoms with Crippen LogP contribution in [0.25, 0.3) is 99.6 Å². The van der Waals surface area contributed by atoms with Gasteiger partial charge in [0.1, 0.15) is 0 Å². The number of rotatable bonds is 4. The van der Waals surface area contributed by atoms with Gasteiger partial charge in [0.2, 0.25) is 5.95 Å². The molecule has 0 unspecified atom stereocenters. The normalized spacial score (nSPS) is 17.6. The molecule has 8 aromatic carbocycles. The third-order valence-electron chi connectivity index (χ3n) is 14.3. The van der Waals surface area contributed by atoms with Crippen molar-refractivity contribution in [2.45, 2.75) is 52.4 Å². The van der Waals surface area contributed by atoms with Crippen molar-refractivity contribution in [3.63, 3.8) is 0 Å². The highest BCUT2D eigenvalue weighted by molar-refractivity contribution is 6.34. The van der Waals surface area contributed by atoms with Crippen molar-refractivity contribution in [2.75, 3.05) is 0 Å². The number of aromatic nitrogens is 5. The fourth-order valence-corrected chi connectivity index (χ4v) is 10.1. The maximum absolute atomic E-state index is 9.30. The molecule has 0 atom stereocenters. The van der Waals surface area contributed by atoms with Crippen LogP contribution < -0.4 is 0 Å². The SMILES string of the molecule is [2H]c1c([2H])c([2H])c2c(c1[2H])c1c([2H])c([2H])c([2H])c([2H])c1n2-c1nc(-c2ccccc2)nc(-c2cc3c(cc2-n2c4cccc5c6ccccc6c6cccc2c6c54)C(C)(C)C(C)(C)C3(C)C)n1. The van der Waals surface area contributed by atoms with Crippen LogP contribution in [0.15, 0.2) is 151 Å². The van der Waals surface area contributed by atoms with E-state index in [1.807, 2.05) is 30.3 Å². The van der Waals surface area contributed by atoms with Gasteiger partial charge < -0.3 is 4.57 Å². The third-order valence-corrected chi connectivity index (χ3v) is 14.3. The molecule has 0 spiro atoms. The van der Waals surface area contributed by atoms with E-state index in [4.69, 9.17) is 23.2 Å². The summed E-state index contributed by atoms with van der Waals surface area (Å²) in [6, 6.07) is 31.6. The topological polar surface area (TPSA) is 48.5 Å². The number of hydrogen-bond donors (Lipinski definition) is 0. The van der Waals surface area contributed by atoms with Gasteiger partial charge in [-0.2, -0.15) is 9.97 Å². The van der Waals surface area contributed by atoms with Gasteiger partial charge in [-0.05, 0) is 85.3 Å². The molecule has 5 heteroatoms. The predicted molar refractivity (Wildman–Crippen MR) is 245 cm³/mol. The summed E-state index contributed by atoms with van der Waals surface area (Å²) in [5, 5.41) is 6.82. The molecule has 11 aromatic rings. The second kappa shape index (κ2) is 11.6. The highest BCUT2D eigenvalue weighted by Gasteiger charge is 2.57. The predicted octanol–water partition coefficient (Wildman–Crippen LogP) is 13.7. The molecule has 0 N–H and O–H groups in total. The van der Waals surface area contributed by atoms with Crippen molar-refractivity contribution in [3.8, 4) is 34.4 Å². The Kier molecular flexibility index (Phi) is 5.32. The molecule has 0 aliphatic heterocycles. The second-order valence-corrected chi connectivity index (χ2v) is 17.5. The lowest BCUT2D eigenvalue weighted by Crippen LogP contribution is -2.42. The van der Waals surface area contributed by atoms with Crippen molar-refractivity contribution >= 4 is 65.2 Å². The van der Waals surface area contributed by atoms with Crippen LogP contribution in [0.5, 0.6) is 0 Å². The molecule has 0 amide bonds. The second-order valence-electron chi connectivity index (χ2n) is 17.5. The quantitative estimate of drug-likeness (QED) is 0.168. The minimum atomic E-state index is -0.522. The Morgan fingerprint density at radius 2 is 0.966 bits per heavy atom. The Bertz CT molecular complexity index is 3840. The fraction of sp³-hybridized carbons (Fsp3) is 0.167. The van der Waals surface area contributed by atoms with Crippen LogP contribution in [-0.4, -0.2) is 24.1 Å². The molecule has 0 radical (unpaired) electrons. The number of nitrogens with zero attached hydrogens (tertiary/aromatic N) is 5. The van der Waals surface area contributed by atoms with E-state index in [1.54, 1.807) is 0 Å². The van der Waals surface area contributed by atoms with Gasteiger partial charge in [0.25, 0.3) is 0 Å². The lowest BCUT2D eigenvalue weighted by atomic mass is 9.59. The van der Waals surface area contributed by atoms with Gasteiger partial charge in [-0.3, -0.25) is 4.57 Å². The molecule has 3 heterocycles. The molecule has 1 aliphatic rings. The van der Waals surface area contributed by atoms with E-state index in [0.717, 1.165) is 43.8 Å². The molecule has 0 fully saturated rings. The molecule has 59 heavy (non-hydrogen) atoms. The summed E-state index contributed by atoms with van der Waals surface area (Å²) in [7, 11) is 0. The van der Waals surface area contributed by atoms with Crippen LogP contribution >= 0.6 is 0 Å². The highest BCUT2D eigenvalue weighted by Crippen LogP contribution is 2.62. The van der Waals surface area contributed by atoms with Crippen molar-refractivity contribution in [1.29, 1.82) is 0 Å². The molecule has 5 nitrogen and oxygen atoms in total. The van der Waals surface area contributed by atoms with Crippen LogP contribution in [0.1, 0.15) is 63.6 Å². The van der Waals surface area contributed by atoms with Crippen molar-refractivity contribution in [2.24, 2.45) is 5.41 Å². The number of hydrogen-bond acceptors (Lipinski definition) is 3. The molecular formula is C54H43N5. The lowest BCUT2D eigenvalue weighted by molar-refractivity contribution is 0.125. The molecule has 3 aromatic heterocycles. The Morgan fingerprint density at radius 1 is 0.458 bits per heavy atom.